The molecule has 3 aromatic carbocycles. The Morgan fingerprint density at radius 2 is 1.77 bits per heavy atom. The molecule has 0 atom stereocenters. The quantitative estimate of drug-likeness (QED) is 0.597. The van der Waals surface area contributed by atoms with Crippen LogP contribution in [-0.2, 0) is 6.42 Å². The fourth-order valence-corrected chi connectivity index (χ4v) is 2.90. The Balaban J connectivity index is 1.59. The van der Waals surface area contributed by atoms with Gasteiger partial charge < -0.3 is 9.84 Å². The first-order valence-electron chi connectivity index (χ1n) is 8.36. The fourth-order valence-electron chi connectivity index (χ4n) is 2.90. The van der Waals surface area contributed by atoms with Crippen molar-refractivity contribution in [2.75, 3.05) is 5.32 Å². The summed E-state index contributed by atoms with van der Waals surface area (Å²) in [6, 6.07) is 21.3. The molecule has 0 aliphatic rings. The van der Waals surface area contributed by atoms with Gasteiger partial charge in [0.15, 0.2) is 5.82 Å². The molecule has 4 rings (SSSR count). The van der Waals surface area contributed by atoms with Crippen molar-refractivity contribution in [1.29, 1.82) is 0 Å². The van der Waals surface area contributed by atoms with Crippen LogP contribution in [0, 0.1) is 6.92 Å². The zero-order chi connectivity index (χ0) is 17.9. The molecule has 5 nitrogen and oxygen atoms in total. The van der Waals surface area contributed by atoms with Crippen molar-refractivity contribution in [1.82, 2.24) is 10.1 Å². The lowest BCUT2D eigenvalue weighted by Crippen LogP contribution is -2.13. The van der Waals surface area contributed by atoms with Gasteiger partial charge in [0.25, 0.3) is 5.91 Å². The molecule has 0 saturated heterocycles. The molecular weight excluding hydrogens is 326 g/mol. The molecule has 0 spiro atoms. The van der Waals surface area contributed by atoms with Gasteiger partial charge in [-0.1, -0.05) is 53.7 Å². The molecule has 26 heavy (non-hydrogen) atoms. The number of carbonyl (C=O) groups is 1. The number of anilines is 1. The van der Waals surface area contributed by atoms with Crippen LogP contribution in [-0.4, -0.2) is 16.0 Å². The van der Waals surface area contributed by atoms with Gasteiger partial charge in [-0.25, -0.2) is 0 Å². The van der Waals surface area contributed by atoms with Crippen molar-refractivity contribution in [3.63, 3.8) is 0 Å². The maximum atomic E-state index is 12.7. The van der Waals surface area contributed by atoms with Crippen molar-refractivity contribution in [2.45, 2.75) is 13.3 Å². The Labute approximate surface area is 150 Å². The molecule has 1 amide bonds. The van der Waals surface area contributed by atoms with Gasteiger partial charge >= 0.3 is 0 Å². The van der Waals surface area contributed by atoms with E-state index in [-0.39, 0.29) is 5.91 Å². The number of aryl methyl sites for hydroxylation is 1. The van der Waals surface area contributed by atoms with E-state index in [2.05, 4.69) is 15.5 Å². The molecule has 0 aliphatic heterocycles. The van der Waals surface area contributed by atoms with Crippen molar-refractivity contribution in [3.8, 4) is 0 Å². The predicted molar refractivity (Wildman–Crippen MR) is 100 cm³/mol. The zero-order valence-corrected chi connectivity index (χ0v) is 14.3. The third-order valence-corrected chi connectivity index (χ3v) is 4.19. The molecule has 5 heteroatoms. The van der Waals surface area contributed by atoms with Gasteiger partial charge in [0.2, 0.25) is 5.89 Å². The van der Waals surface area contributed by atoms with E-state index in [0.29, 0.717) is 23.7 Å². The number of amides is 1. The number of hydrogen-bond acceptors (Lipinski definition) is 4. The lowest BCUT2D eigenvalue weighted by Gasteiger charge is -2.10. The molecular formula is C21H17N3O2. The highest BCUT2D eigenvalue weighted by molar-refractivity contribution is 6.06. The Morgan fingerprint density at radius 3 is 2.58 bits per heavy atom. The van der Waals surface area contributed by atoms with Crippen molar-refractivity contribution < 1.29 is 9.32 Å². The predicted octanol–water partition coefficient (Wildman–Crippen LogP) is 4.37. The highest BCUT2D eigenvalue weighted by Crippen LogP contribution is 2.21. The maximum absolute atomic E-state index is 12.7. The summed E-state index contributed by atoms with van der Waals surface area (Å²) in [5, 5.41) is 8.94. The summed E-state index contributed by atoms with van der Waals surface area (Å²) in [6.07, 6.45) is 0.467. The maximum Gasteiger partial charge on any atom is 0.255 e. The number of para-hydroxylation sites is 1. The molecule has 1 aromatic heterocycles. The Morgan fingerprint density at radius 1 is 1.00 bits per heavy atom. The van der Waals surface area contributed by atoms with Crippen LogP contribution in [0.1, 0.15) is 27.6 Å². The smallest absolute Gasteiger partial charge is 0.255 e. The summed E-state index contributed by atoms with van der Waals surface area (Å²) < 4.78 is 5.19. The minimum atomic E-state index is -0.148. The zero-order valence-electron chi connectivity index (χ0n) is 14.3. The van der Waals surface area contributed by atoms with Gasteiger partial charge in [0.05, 0.1) is 6.42 Å². The molecule has 0 saturated carbocycles. The Bertz CT molecular complexity index is 1090. The van der Waals surface area contributed by atoms with Crippen LogP contribution < -0.4 is 5.32 Å². The highest BCUT2D eigenvalue weighted by Gasteiger charge is 2.12. The molecule has 0 unspecified atom stereocenters. The number of nitrogens with one attached hydrogen (secondary N) is 1. The van der Waals surface area contributed by atoms with Gasteiger partial charge in [0, 0.05) is 11.3 Å². The van der Waals surface area contributed by atoms with E-state index < -0.39 is 0 Å². The number of aromatic nitrogens is 2. The van der Waals surface area contributed by atoms with Crippen LogP contribution >= 0.6 is 0 Å². The van der Waals surface area contributed by atoms with Crippen LogP contribution in [0.25, 0.3) is 10.8 Å². The lowest BCUT2D eigenvalue weighted by atomic mass is 10.1. The standard InChI is InChI=1S/C21H17N3O2/c1-14-22-20(26-24-14)13-17-8-4-5-9-19(17)23-21(25)18-11-10-15-6-2-3-7-16(15)12-18/h2-12H,13H2,1H3,(H,23,25). The molecule has 0 aliphatic carbocycles. The topological polar surface area (TPSA) is 68.0 Å². The second-order valence-electron chi connectivity index (χ2n) is 6.09. The first-order chi connectivity index (χ1) is 12.7. The minimum Gasteiger partial charge on any atom is -0.339 e. The van der Waals surface area contributed by atoms with Gasteiger partial charge in [-0.3, -0.25) is 4.79 Å². The SMILES string of the molecule is Cc1noc(Cc2ccccc2NC(=O)c2ccc3ccccc3c2)n1. The van der Waals surface area contributed by atoms with E-state index in [4.69, 9.17) is 4.52 Å². The molecule has 0 radical (unpaired) electrons. The van der Waals surface area contributed by atoms with E-state index >= 15 is 0 Å². The summed E-state index contributed by atoms with van der Waals surface area (Å²) in [6.45, 7) is 1.78. The van der Waals surface area contributed by atoms with Gasteiger partial charge in [-0.15, -0.1) is 0 Å². The van der Waals surface area contributed by atoms with E-state index in [1.807, 2.05) is 66.7 Å². The van der Waals surface area contributed by atoms with Crippen molar-refractivity contribution in [3.05, 3.63) is 89.6 Å². The molecule has 4 aromatic rings. The summed E-state index contributed by atoms with van der Waals surface area (Å²) in [5.41, 5.74) is 2.28. The molecule has 1 heterocycles. The number of benzene rings is 3. The van der Waals surface area contributed by atoms with Gasteiger partial charge in [-0.2, -0.15) is 4.98 Å². The summed E-state index contributed by atoms with van der Waals surface area (Å²) >= 11 is 0. The van der Waals surface area contributed by atoms with Crippen LogP contribution in [0.5, 0.6) is 0 Å². The van der Waals surface area contributed by atoms with E-state index in [1.54, 1.807) is 6.92 Å². The fraction of sp³-hybridized carbons (Fsp3) is 0.0952. The summed E-state index contributed by atoms with van der Waals surface area (Å²) in [4.78, 5) is 16.9. The van der Waals surface area contributed by atoms with Crippen molar-refractivity contribution in [2.24, 2.45) is 0 Å². The summed E-state index contributed by atoms with van der Waals surface area (Å²) in [5.74, 6) is 0.970. The lowest BCUT2D eigenvalue weighted by molar-refractivity contribution is 0.102. The number of fused-ring (bicyclic) bond motifs is 1. The molecule has 128 valence electrons. The third-order valence-electron chi connectivity index (χ3n) is 4.19. The molecule has 0 bridgehead atoms. The van der Waals surface area contributed by atoms with E-state index in [9.17, 15) is 4.79 Å². The first-order valence-corrected chi connectivity index (χ1v) is 8.36. The second kappa shape index (κ2) is 6.80. The number of rotatable bonds is 4. The Hall–Kier alpha value is -3.47. The van der Waals surface area contributed by atoms with Gasteiger partial charge in [0.1, 0.15) is 0 Å². The number of hydrogen-bond donors (Lipinski definition) is 1. The number of carbonyl (C=O) groups excluding carboxylic acids is 1. The first kappa shape index (κ1) is 16.0. The average Bonchev–Trinajstić information content (AvgIpc) is 3.07. The van der Waals surface area contributed by atoms with Crippen LogP contribution in [0.4, 0.5) is 5.69 Å². The summed E-state index contributed by atoms with van der Waals surface area (Å²) in [7, 11) is 0. The van der Waals surface area contributed by atoms with Crippen LogP contribution in [0.2, 0.25) is 0 Å². The Kier molecular flexibility index (Phi) is 4.19. The number of nitrogens with zero attached hydrogens (tertiary/aromatic N) is 2. The minimum absolute atomic E-state index is 0.148. The highest BCUT2D eigenvalue weighted by atomic mass is 16.5. The van der Waals surface area contributed by atoms with E-state index in [1.165, 1.54) is 0 Å². The van der Waals surface area contributed by atoms with Crippen LogP contribution in [0.15, 0.2) is 71.3 Å². The normalized spacial score (nSPS) is 10.8. The molecule has 0 fully saturated rings. The monoisotopic (exact) mass is 343 g/mol. The average molecular weight is 343 g/mol. The largest absolute Gasteiger partial charge is 0.339 e. The van der Waals surface area contributed by atoms with Crippen LogP contribution in [0.3, 0.4) is 0 Å². The third kappa shape index (κ3) is 3.32. The van der Waals surface area contributed by atoms with Crippen molar-refractivity contribution >= 4 is 22.4 Å². The van der Waals surface area contributed by atoms with Gasteiger partial charge in [-0.05, 0) is 41.5 Å². The van der Waals surface area contributed by atoms with E-state index in [0.717, 1.165) is 22.0 Å². The molecule has 1 N–H and O–H groups in total. The second-order valence-corrected chi connectivity index (χ2v) is 6.09.